The Hall–Kier alpha value is -1.57. The largest absolute Gasteiger partial charge is 0.370 e. The zero-order valence-electron chi connectivity index (χ0n) is 6.49. The highest BCUT2D eigenvalue weighted by atomic mass is 16.2. The Balaban J connectivity index is 2.23. The van der Waals surface area contributed by atoms with Crippen molar-refractivity contribution in [3.05, 3.63) is 0 Å². The lowest BCUT2D eigenvalue weighted by Crippen LogP contribution is -2.17. The molecule has 1 saturated heterocycles. The Bertz CT molecular complexity index is 256. The molecule has 1 aliphatic rings. The molecular weight excluding hydrogens is 158 g/mol. The van der Waals surface area contributed by atoms with Crippen molar-refractivity contribution in [2.45, 2.75) is 18.9 Å². The van der Waals surface area contributed by atoms with Gasteiger partial charge in [0.15, 0.2) is 0 Å². The van der Waals surface area contributed by atoms with E-state index in [9.17, 15) is 9.59 Å². The number of amides is 2. The summed E-state index contributed by atoms with van der Waals surface area (Å²) in [6.45, 7) is 0.494. The van der Waals surface area contributed by atoms with Gasteiger partial charge in [-0.3, -0.25) is 9.59 Å². The fourth-order valence-corrected chi connectivity index (χ4v) is 0.899. The van der Waals surface area contributed by atoms with E-state index in [0.717, 1.165) is 0 Å². The third-order valence-corrected chi connectivity index (χ3v) is 1.67. The quantitative estimate of drug-likeness (QED) is 0.546. The molecule has 1 atom stereocenters. The van der Waals surface area contributed by atoms with E-state index in [1.165, 1.54) is 4.90 Å². The number of hydrogen-bond donors (Lipinski definition) is 1. The Morgan fingerprint density at radius 3 is 2.67 bits per heavy atom. The fourth-order valence-electron chi connectivity index (χ4n) is 0.899. The first-order chi connectivity index (χ1) is 5.65. The monoisotopic (exact) mass is 167 g/mol. The van der Waals surface area contributed by atoms with Gasteiger partial charge in [-0.1, -0.05) is 0 Å². The average Bonchev–Trinajstić information content (AvgIpc) is 2.78. The second kappa shape index (κ2) is 3.22. The number of nitrogens with two attached hydrogens (primary N) is 1. The summed E-state index contributed by atoms with van der Waals surface area (Å²) >= 11 is 0. The lowest BCUT2D eigenvalue weighted by Gasteiger charge is -1.98. The van der Waals surface area contributed by atoms with E-state index in [0.29, 0.717) is 6.54 Å². The first-order valence-corrected chi connectivity index (χ1v) is 3.62. The number of carbonyl (C=O) groups is 2. The predicted molar refractivity (Wildman–Crippen MR) is 39.5 cm³/mol. The third kappa shape index (κ3) is 1.95. The normalized spacial score (nSPS) is 19.9. The molecule has 5 nitrogen and oxygen atoms in total. The summed E-state index contributed by atoms with van der Waals surface area (Å²) in [7, 11) is 0. The molecule has 0 aromatic heterocycles. The van der Waals surface area contributed by atoms with Gasteiger partial charge in [-0.25, -0.2) is 0 Å². The summed E-state index contributed by atoms with van der Waals surface area (Å²) < 4.78 is 0. The predicted octanol–water partition coefficient (Wildman–Crippen LogP) is -1.01. The number of nitriles is 1. The molecule has 64 valence electrons. The number of rotatable bonds is 3. The van der Waals surface area contributed by atoms with Crippen molar-refractivity contribution in [3.63, 3.8) is 0 Å². The van der Waals surface area contributed by atoms with Crippen molar-refractivity contribution in [1.29, 1.82) is 5.26 Å². The van der Waals surface area contributed by atoms with Gasteiger partial charge in [0, 0.05) is 12.8 Å². The molecule has 0 aliphatic carbocycles. The zero-order valence-corrected chi connectivity index (χ0v) is 6.49. The maximum absolute atomic E-state index is 11.0. The number of carbonyl (C=O) groups excluding carboxylic acids is 2. The summed E-state index contributed by atoms with van der Waals surface area (Å²) in [6.07, 6.45) is 0.182. The fraction of sp³-hybridized carbons (Fsp3) is 0.571. The lowest BCUT2D eigenvalue weighted by molar-refractivity contribution is -0.128. The van der Waals surface area contributed by atoms with Crippen LogP contribution in [0.15, 0.2) is 0 Å². The molecule has 12 heavy (non-hydrogen) atoms. The van der Waals surface area contributed by atoms with E-state index in [1.807, 2.05) is 6.07 Å². The smallest absolute Gasteiger partial charge is 0.224 e. The summed E-state index contributed by atoms with van der Waals surface area (Å²) in [5, 5.41) is 8.37. The second-order valence-electron chi connectivity index (χ2n) is 2.66. The van der Waals surface area contributed by atoms with Crippen LogP contribution in [0.4, 0.5) is 0 Å². The molecule has 0 aromatic rings. The van der Waals surface area contributed by atoms with Gasteiger partial charge in [0.1, 0.15) is 6.04 Å². The van der Waals surface area contributed by atoms with Crippen molar-refractivity contribution in [3.8, 4) is 6.07 Å². The van der Waals surface area contributed by atoms with Crippen molar-refractivity contribution in [2.24, 2.45) is 5.73 Å². The van der Waals surface area contributed by atoms with Crippen molar-refractivity contribution < 1.29 is 9.59 Å². The highest BCUT2D eigenvalue weighted by Gasteiger charge is 2.37. The maximum Gasteiger partial charge on any atom is 0.224 e. The molecule has 1 heterocycles. The molecule has 1 fully saturated rings. The Kier molecular flexibility index (Phi) is 2.29. The van der Waals surface area contributed by atoms with E-state index in [4.69, 9.17) is 11.0 Å². The highest BCUT2D eigenvalue weighted by molar-refractivity contribution is 5.84. The molecule has 5 heteroatoms. The van der Waals surface area contributed by atoms with E-state index in [1.54, 1.807) is 0 Å². The van der Waals surface area contributed by atoms with Crippen molar-refractivity contribution in [1.82, 2.24) is 4.90 Å². The average molecular weight is 167 g/mol. The van der Waals surface area contributed by atoms with Gasteiger partial charge in [-0.2, -0.15) is 5.26 Å². The third-order valence-electron chi connectivity index (χ3n) is 1.67. The number of nitrogens with zero attached hydrogens (tertiary/aromatic N) is 2. The molecule has 0 saturated carbocycles. The summed E-state index contributed by atoms with van der Waals surface area (Å²) in [4.78, 5) is 22.7. The summed E-state index contributed by atoms with van der Waals surface area (Å²) in [6, 6.07) is 1.67. The van der Waals surface area contributed by atoms with Crippen LogP contribution in [0.25, 0.3) is 0 Å². The molecule has 1 rings (SSSR count). The first kappa shape index (κ1) is 8.53. The standard InChI is InChI=1S/C7H9N3O2/c8-3-5-4-10(5)7(12)2-1-6(9)11/h5H,1-2,4H2,(H2,9,11). The molecular formula is C7H9N3O2. The van der Waals surface area contributed by atoms with Crippen LogP contribution in [0.2, 0.25) is 0 Å². The highest BCUT2D eigenvalue weighted by Crippen LogP contribution is 2.17. The van der Waals surface area contributed by atoms with Gasteiger partial charge in [-0.15, -0.1) is 0 Å². The zero-order chi connectivity index (χ0) is 9.14. The maximum atomic E-state index is 11.0. The molecule has 0 aromatic carbocycles. The molecule has 1 aliphatic heterocycles. The minimum absolute atomic E-state index is 0.0630. The van der Waals surface area contributed by atoms with Crippen molar-refractivity contribution in [2.75, 3.05) is 6.54 Å². The molecule has 2 N–H and O–H groups in total. The van der Waals surface area contributed by atoms with Crippen LogP contribution < -0.4 is 5.73 Å². The molecule has 0 radical (unpaired) electrons. The number of hydrogen-bond acceptors (Lipinski definition) is 3. The lowest BCUT2D eigenvalue weighted by atomic mass is 10.3. The van der Waals surface area contributed by atoms with Crippen LogP contribution in [0.5, 0.6) is 0 Å². The van der Waals surface area contributed by atoms with Crippen LogP contribution in [0.1, 0.15) is 12.8 Å². The minimum Gasteiger partial charge on any atom is -0.370 e. The van der Waals surface area contributed by atoms with Gasteiger partial charge < -0.3 is 10.6 Å². The minimum atomic E-state index is -0.487. The van der Waals surface area contributed by atoms with Gasteiger partial charge in [-0.05, 0) is 0 Å². The van der Waals surface area contributed by atoms with E-state index < -0.39 is 5.91 Å². The van der Waals surface area contributed by atoms with Gasteiger partial charge >= 0.3 is 0 Å². The summed E-state index contributed by atoms with van der Waals surface area (Å²) in [5.41, 5.74) is 4.85. The Labute approximate surface area is 69.7 Å². The second-order valence-corrected chi connectivity index (χ2v) is 2.66. The molecule has 2 amide bonds. The SMILES string of the molecule is N#CC1CN1C(=O)CCC(N)=O. The van der Waals surface area contributed by atoms with Crippen LogP contribution in [0.3, 0.4) is 0 Å². The first-order valence-electron chi connectivity index (χ1n) is 3.62. The van der Waals surface area contributed by atoms with E-state index in [-0.39, 0.29) is 24.8 Å². The Morgan fingerprint density at radius 2 is 2.25 bits per heavy atom. The molecule has 1 unspecified atom stereocenters. The van der Waals surface area contributed by atoms with Crippen LogP contribution in [0, 0.1) is 11.3 Å². The van der Waals surface area contributed by atoms with Crippen molar-refractivity contribution >= 4 is 11.8 Å². The van der Waals surface area contributed by atoms with Gasteiger partial charge in [0.05, 0.1) is 12.6 Å². The molecule has 0 bridgehead atoms. The van der Waals surface area contributed by atoms with Crippen LogP contribution in [-0.4, -0.2) is 29.3 Å². The number of primary amides is 1. The van der Waals surface area contributed by atoms with Crippen LogP contribution in [-0.2, 0) is 9.59 Å². The van der Waals surface area contributed by atoms with E-state index in [2.05, 4.69) is 0 Å². The van der Waals surface area contributed by atoms with Crippen LogP contribution >= 0.6 is 0 Å². The topological polar surface area (TPSA) is 87.0 Å². The van der Waals surface area contributed by atoms with Gasteiger partial charge in [0.25, 0.3) is 0 Å². The summed E-state index contributed by atoms with van der Waals surface area (Å²) in [5.74, 6) is -0.654. The van der Waals surface area contributed by atoms with Gasteiger partial charge in [0.2, 0.25) is 11.8 Å². The van der Waals surface area contributed by atoms with E-state index >= 15 is 0 Å². The molecule has 0 spiro atoms. The Morgan fingerprint density at radius 1 is 1.58 bits per heavy atom.